The van der Waals surface area contributed by atoms with Crippen LogP contribution in [-0.4, -0.2) is 40.6 Å². The van der Waals surface area contributed by atoms with Gasteiger partial charge in [0.15, 0.2) is 5.78 Å². The van der Waals surface area contributed by atoms with Gasteiger partial charge in [-0.05, 0) is 39.1 Å². The van der Waals surface area contributed by atoms with E-state index in [4.69, 9.17) is 5.11 Å². The van der Waals surface area contributed by atoms with Crippen LogP contribution in [-0.2, 0) is 6.54 Å². The highest BCUT2D eigenvalue weighted by molar-refractivity contribution is 5.94. The van der Waals surface area contributed by atoms with E-state index in [-0.39, 0.29) is 24.2 Å². The fraction of sp³-hybridized carbons (Fsp3) is 0.462. The number of phenolic OH excluding ortho intramolecular Hbond substituents is 1. The number of carbonyl (C=O) groups is 1. The van der Waals surface area contributed by atoms with Gasteiger partial charge in [-0.25, -0.2) is 0 Å². The molecule has 1 unspecified atom stereocenters. The van der Waals surface area contributed by atoms with Gasteiger partial charge in [-0.15, -0.1) is 0 Å². The molecule has 4 heteroatoms. The zero-order chi connectivity index (χ0) is 13.0. The molecule has 0 aromatic heterocycles. The van der Waals surface area contributed by atoms with Gasteiger partial charge in [0, 0.05) is 23.7 Å². The lowest BCUT2D eigenvalue weighted by Crippen LogP contribution is -2.31. The second-order valence-corrected chi connectivity index (χ2v) is 4.35. The molecule has 0 saturated heterocycles. The minimum atomic E-state index is -0.0240. The third kappa shape index (κ3) is 3.54. The highest BCUT2D eigenvalue weighted by atomic mass is 16.3. The summed E-state index contributed by atoms with van der Waals surface area (Å²) in [6, 6.07) is 4.84. The maximum Gasteiger partial charge on any atom is 0.159 e. The number of aromatic hydroxyl groups is 1. The van der Waals surface area contributed by atoms with Crippen LogP contribution in [0.4, 0.5) is 0 Å². The molecule has 0 aliphatic heterocycles. The van der Waals surface area contributed by atoms with Crippen LogP contribution < -0.4 is 0 Å². The summed E-state index contributed by atoms with van der Waals surface area (Å²) >= 11 is 0. The number of hydrogen-bond donors (Lipinski definition) is 2. The number of aliphatic hydroxyl groups is 1. The van der Waals surface area contributed by atoms with Crippen LogP contribution in [0.2, 0.25) is 0 Å². The molecule has 94 valence electrons. The van der Waals surface area contributed by atoms with Crippen LogP contribution in [0.5, 0.6) is 5.75 Å². The maximum atomic E-state index is 11.2. The van der Waals surface area contributed by atoms with Gasteiger partial charge in [0.05, 0.1) is 6.61 Å². The zero-order valence-electron chi connectivity index (χ0n) is 10.5. The number of hydrogen-bond acceptors (Lipinski definition) is 4. The van der Waals surface area contributed by atoms with Crippen molar-refractivity contribution in [2.45, 2.75) is 26.4 Å². The van der Waals surface area contributed by atoms with E-state index in [0.717, 1.165) is 0 Å². The number of carbonyl (C=O) groups excluding carboxylic acids is 1. The van der Waals surface area contributed by atoms with Gasteiger partial charge in [-0.1, -0.05) is 0 Å². The van der Waals surface area contributed by atoms with E-state index in [9.17, 15) is 9.90 Å². The fourth-order valence-electron chi connectivity index (χ4n) is 1.50. The predicted molar refractivity (Wildman–Crippen MR) is 66.1 cm³/mol. The first kappa shape index (κ1) is 13.7. The smallest absolute Gasteiger partial charge is 0.159 e. The predicted octanol–water partition coefficient (Wildman–Crippen LogP) is 1.41. The summed E-state index contributed by atoms with van der Waals surface area (Å²) in [6.45, 7) is 3.94. The highest BCUT2D eigenvalue weighted by Crippen LogP contribution is 2.20. The number of Topliss-reactive ketones (excluding diaryl/α,β-unsaturated/α-hetero) is 1. The Labute approximate surface area is 101 Å². The van der Waals surface area contributed by atoms with E-state index in [1.165, 1.54) is 13.0 Å². The first-order valence-electron chi connectivity index (χ1n) is 5.59. The lowest BCUT2D eigenvalue weighted by molar-refractivity contribution is 0.101. The Hall–Kier alpha value is -1.39. The third-order valence-corrected chi connectivity index (χ3v) is 2.92. The average Bonchev–Trinajstić information content (AvgIpc) is 2.30. The van der Waals surface area contributed by atoms with E-state index < -0.39 is 0 Å². The van der Waals surface area contributed by atoms with Crippen molar-refractivity contribution in [3.8, 4) is 5.75 Å². The van der Waals surface area contributed by atoms with Gasteiger partial charge < -0.3 is 10.2 Å². The molecule has 1 aromatic rings. The lowest BCUT2D eigenvalue weighted by atomic mass is 10.1. The molecule has 17 heavy (non-hydrogen) atoms. The van der Waals surface area contributed by atoms with Gasteiger partial charge in [-0.2, -0.15) is 0 Å². The zero-order valence-corrected chi connectivity index (χ0v) is 10.5. The maximum absolute atomic E-state index is 11.2. The van der Waals surface area contributed by atoms with Gasteiger partial charge in [0.1, 0.15) is 5.75 Å². The van der Waals surface area contributed by atoms with E-state index in [1.807, 2.05) is 18.9 Å². The Morgan fingerprint density at radius 3 is 2.65 bits per heavy atom. The Morgan fingerprint density at radius 1 is 1.47 bits per heavy atom. The molecule has 0 heterocycles. The Bertz CT molecular complexity index is 404. The standard InChI is InChI=1S/C13H19NO3/c1-9(8-15)14(3)7-12-6-11(10(2)16)4-5-13(12)17/h4-6,9,15,17H,7-8H2,1-3H3. The Kier molecular flexibility index (Phi) is 4.66. The van der Waals surface area contributed by atoms with Crippen LogP contribution in [0.1, 0.15) is 29.8 Å². The number of rotatable bonds is 5. The summed E-state index contributed by atoms with van der Waals surface area (Å²) in [4.78, 5) is 13.2. The lowest BCUT2D eigenvalue weighted by Gasteiger charge is -2.23. The van der Waals surface area contributed by atoms with Crippen molar-refractivity contribution in [1.29, 1.82) is 0 Å². The molecule has 0 amide bonds. The summed E-state index contributed by atoms with van der Waals surface area (Å²) in [5.74, 6) is 0.149. The fourth-order valence-corrected chi connectivity index (χ4v) is 1.50. The van der Waals surface area contributed by atoms with Crippen LogP contribution in [0, 0.1) is 0 Å². The van der Waals surface area contributed by atoms with Crippen LogP contribution in [0.15, 0.2) is 18.2 Å². The minimum Gasteiger partial charge on any atom is -0.508 e. The summed E-state index contributed by atoms with van der Waals surface area (Å²) in [5, 5.41) is 18.8. The van der Waals surface area contributed by atoms with Crippen molar-refractivity contribution in [3.63, 3.8) is 0 Å². The van der Waals surface area contributed by atoms with Crippen molar-refractivity contribution in [1.82, 2.24) is 4.90 Å². The van der Waals surface area contributed by atoms with Gasteiger partial charge in [0.2, 0.25) is 0 Å². The summed E-state index contributed by atoms with van der Waals surface area (Å²) in [6.07, 6.45) is 0. The van der Waals surface area contributed by atoms with E-state index >= 15 is 0 Å². The van der Waals surface area contributed by atoms with Crippen molar-refractivity contribution in [3.05, 3.63) is 29.3 Å². The molecule has 0 aliphatic rings. The molecule has 4 nitrogen and oxygen atoms in total. The second-order valence-electron chi connectivity index (χ2n) is 4.35. The van der Waals surface area contributed by atoms with Crippen molar-refractivity contribution < 1.29 is 15.0 Å². The van der Waals surface area contributed by atoms with Crippen LogP contribution in [0.25, 0.3) is 0 Å². The van der Waals surface area contributed by atoms with E-state index in [0.29, 0.717) is 17.7 Å². The van der Waals surface area contributed by atoms with E-state index in [2.05, 4.69) is 0 Å². The molecule has 1 atom stereocenters. The largest absolute Gasteiger partial charge is 0.508 e. The summed E-state index contributed by atoms with van der Waals surface area (Å²) < 4.78 is 0. The first-order valence-corrected chi connectivity index (χ1v) is 5.59. The van der Waals surface area contributed by atoms with Crippen molar-refractivity contribution >= 4 is 5.78 Å². The molecule has 1 aromatic carbocycles. The molecular weight excluding hydrogens is 218 g/mol. The van der Waals surface area contributed by atoms with Crippen LogP contribution >= 0.6 is 0 Å². The van der Waals surface area contributed by atoms with Gasteiger partial charge in [0.25, 0.3) is 0 Å². The minimum absolute atomic E-state index is 0.00961. The Balaban J connectivity index is 2.89. The Morgan fingerprint density at radius 2 is 2.12 bits per heavy atom. The van der Waals surface area contributed by atoms with Crippen molar-refractivity contribution in [2.75, 3.05) is 13.7 Å². The van der Waals surface area contributed by atoms with E-state index in [1.54, 1.807) is 12.1 Å². The monoisotopic (exact) mass is 237 g/mol. The number of phenols is 1. The molecule has 0 saturated carbocycles. The SMILES string of the molecule is CC(=O)c1ccc(O)c(CN(C)C(C)CO)c1. The number of aliphatic hydroxyl groups excluding tert-OH is 1. The van der Waals surface area contributed by atoms with Gasteiger partial charge in [-0.3, -0.25) is 9.69 Å². The molecule has 0 spiro atoms. The third-order valence-electron chi connectivity index (χ3n) is 2.92. The molecule has 0 bridgehead atoms. The molecular formula is C13H19NO3. The molecule has 2 N–H and O–H groups in total. The number of likely N-dealkylation sites (N-methyl/N-ethyl adjacent to an activating group) is 1. The molecule has 1 rings (SSSR count). The van der Waals surface area contributed by atoms with Crippen molar-refractivity contribution in [2.24, 2.45) is 0 Å². The number of nitrogens with zero attached hydrogens (tertiary/aromatic N) is 1. The quantitative estimate of drug-likeness (QED) is 0.760. The number of ketones is 1. The summed E-state index contributed by atoms with van der Waals surface area (Å²) in [7, 11) is 1.86. The summed E-state index contributed by atoms with van der Waals surface area (Å²) in [5.41, 5.74) is 1.28. The number of benzene rings is 1. The second kappa shape index (κ2) is 5.80. The van der Waals surface area contributed by atoms with Gasteiger partial charge >= 0.3 is 0 Å². The average molecular weight is 237 g/mol. The normalized spacial score (nSPS) is 12.8. The van der Waals surface area contributed by atoms with Crippen LogP contribution in [0.3, 0.4) is 0 Å². The molecule has 0 aliphatic carbocycles. The molecule has 0 radical (unpaired) electrons. The topological polar surface area (TPSA) is 60.8 Å². The molecule has 0 fully saturated rings. The highest BCUT2D eigenvalue weighted by Gasteiger charge is 2.12. The first-order chi connectivity index (χ1) is 7.95.